The van der Waals surface area contributed by atoms with Gasteiger partial charge in [-0.1, -0.05) is 61.4 Å². The van der Waals surface area contributed by atoms with Crippen molar-refractivity contribution in [2.24, 2.45) is 5.41 Å². The molecule has 0 aromatic carbocycles. The second-order valence-corrected chi connectivity index (χ2v) is 6.40. The van der Waals surface area contributed by atoms with Crippen LogP contribution in [-0.2, 0) is 4.79 Å². The van der Waals surface area contributed by atoms with Crippen LogP contribution in [0, 0.1) is 12.3 Å². The second kappa shape index (κ2) is 7.40. The summed E-state index contributed by atoms with van der Waals surface area (Å²) in [5, 5.41) is 0. The summed E-state index contributed by atoms with van der Waals surface area (Å²) in [7, 11) is 0. The molecule has 0 unspecified atom stereocenters. The molecule has 1 nitrogen and oxygen atoms in total. The molecule has 0 heterocycles. The Hall–Kier alpha value is -1.63. The number of hydrogen-bond donors (Lipinski definition) is 0. The fourth-order valence-electron chi connectivity index (χ4n) is 2.45. The third-order valence-corrected chi connectivity index (χ3v) is 4.08. The van der Waals surface area contributed by atoms with Crippen molar-refractivity contribution in [1.29, 1.82) is 0 Å². The molecule has 0 amide bonds. The maximum Gasteiger partial charge on any atom is 0.158 e. The molecule has 21 heavy (non-hydrogen) atoms. The molecule has 1 aliphatic carbocycles. The Bertz CT molecular complexity index is 548. The summed E-state index contributed by atoms with van der Waals surface area (Å²) >= 11 is 0. The van der Waals surface area contributed by atoms with Crippen molar-refractivity contribution in [1.82, 2.24) is 0 Å². The summed E-state index contributed by atoms with van der Waals surface area (Å²) in [5.41, 5.74) is 4.47. The van der Waals surface area contributed by atoms with E-state index in [1.165, 1.54) is 5.57 Å². The summed E-state index contributed by atoms with van der Waals surface area (Å²) in [5.74, 6) is 0.284. The molecule has 113 valence electrons. The van der Waals surface area contributed by atoms with Crippen LogP contribution in [0.3, 0.4) is 0 Å². The first-order valence-electron chi connectivity index (χ1n) is 7.51. The molecule has 0 aliphatic heterocycles. The molecule has 0 saturated heterocycles. The average Bonchev–Trinajstić information content (AvgIpc) is 2.43. The van der Waals surface area contributed by atoms with Crippen molar-refractivity contribution in [2.75, 3.05) is 0 Å². The first-order valence-corrected chi connectivity index (χ1v) is 7.51. The first kappa shape index (κ1) is 17.4. The van der Waals surface area contributed by atoms with E-state index < -0.39 is 0 Å². The number of carbonyl (C=O) groups excluding carboxylic acids is 1. The molecule has 0 bridgehead atoms. The topological polar surface area (TPSA) is 17.1 Å². The zero-order chi connectivity index (χ0) is 16.0. The molecule has 0 saturated carbocycles. The van der Waals surface area contributed by atoms with Crippen molar-refractivity contribution in [2.45, 2.75) is 47.5 Å². The van der Waals surface area contributed by atoms with Crippen LogP contribution in [0.1, 0.15) is 47.5 Å². The first-order chi connectivity index (χ1) is 9.77. The monoisotopic (exact) mass is 283 g/mol. The molecule has 0 fully saturated rings. The molecule has 0 N–H and O–H groups in total. The summed E-state index contributed by atoms with van der Waals surface area (Å²) in [4.78, 5) is 11.9. The highest BCUT2D eigenvalue weighted by Gasteiger charge is 2.30. The summed E-state index contributed by atoms with van der Waals surface area (Å²) in [6, 6.07) is 0. The van der Waals surface area contributed by atoms with E-state index in [1.807, 2.05) is 32.1 Å². The minimum absolute atomic E-state index is 0.0812. The number of hydrogen-bond acceptors (Lipinski definition) is 1. The van der Waals surface area contributed by atoms with Crippen LogP contribution in [0.4, 0.5) is 0 Å². The van der Waals surface area contributed by atoms with Gasteiger partial charge in [0.25, 0.3) is 0 Å². The number of carbonyl (C=O) groups is 1. The molecule has 1 rings (SSSR count). The number of ketones is 1. The number of Topliss-reactive ketones (excluding diaryl/α,β-unsaturated/α-hetero) is 1. The molecule has 1 aliphatic rings. The van der Waals surface area contributed by atoms with E-state index in [1.54, 1.807) is 0 Å². The lowest BCUT2D eigenvalue weighted by Gasteiger charge is -2.32. The lowest BCUT2D eigenvalue weighted by molar-refractivity contribution is -0.116. The normalized spacial score (nSPS) is 21.0. The number of allylic oxidation sites excluding steroid dienone is 10. The molecular weight excluding hydrogens is 256 g/mol. The van der Waals surface area contributed by atoms with Gasteiger partial charge in [-0.2, -0.15) is 0 Å². The molecule has 0 atom stereocenters. The van der Waals surface area contributed by atoms with Gasteiger partial charge in [0.1, 0.15) is 0 Å². The molecule has 0 aromatic rings. The van der Waals surface area contributed by atoms with Crippen molar-refractivity contribution < 1.29 is 4.79 Å². The maximum atomic E-state index is 11.9. The SMILES string of the molecule is [CH2]C=C(C)C=CC=C(C)C=CC1=C(C)C(=O)CCC1(C)C. The fraction of sp³-hybridized carbons (Fsp3) is 0.400. The molecule has 0 spiro atoms. The van der Waals surface area contributed by atoms with E-state index in [-0.39, 0.29) is 11.2 Å². The van der Waals surface area contributed by atoms with Crippen LogP contribution in [-0.4, -0.2) is 5.78 Å². The van der Waals surface area contributed by atoms with E-state index in [9.17, 15) is 4.79 Å². The maximum absolute atomic E-state index is 11.9. The standard InChI is InChI=1S/C20H27O/c1-7-15(2)9-8-10-16(3)11-12-18-17(4)19(21)13-14-20(18,5)6/h7-12H,1,13-14H2,2-6H3. The van der Waals surface area contributed by atoms with Gasteiger partial charge in [-0.15, -0.1) is 0 Å². The Labute approximate surface area is 129 Å². The predicted octanol–water partition coefficient (Wildman–Crippen LogP) is 5.53. The molecule has 1 radical (unpaired) electrons. The van der Waals surface area contributed by atoms with Crippen LogP contribution < -0.4 is 0 Å². The van der Waals surface area contributed by atoms with Crippen LogP contribution in [0.15, 0.2) is 58.7 Å². The number of rotatable bonds is 4. The van der Waals surface area contributed by atoms with E-state index in [2.05, 4.69) is 45.9 Å². The molecular formula is C20H27O. The van der Waals surface area contributed by atoms with Gasteiger partial charge in [-0.05, 0) is 50.7 Å². The van der Waals surface area contributed by atoms with Crippen LogP contribution >= 0.6 is 0 Å². The molecule has 1 heteroatoms. The Kier molecular flexibility index (Phi) is 6.14. The van der Waals surface area contributed by atoms with Crippen molar-refractivity contribution in [3.63, 3.8) is 0 Å². The van der Waals surface area contributed by atoms with Crippen LogP contribution in [0.2, 0.25) is 0 Å². The minimum Gasteiger partial charge on any atom is -0.295 e. The zero-order valence-electron chi connectivity index (χ0n) is 14.0. The lowest BCUT2D eigenvalue weighted by Crippen LogP contribution is -2.24. The van der Waals surface area contributed by atoms with Gasteiger partial charge >= 0.3 is 0 Å². The van der Waals surface area contributed by atoms with Crippen molar-refractivity contribution in [3.05, 3.63) is 65.7 Å². The van der Waals surface area contributed by atoms with Gasteiger partial charge in [0.15, 0.2) is 5.78 Å². The van der Waals surface area contributed by atoms with Gasteiger partial charge in [0.2, 0.25) is 0 Å². The van der Waals surface area contributed by atoms with Gasteiger partial charge in [0.05, 0.1) is 0 Å². The highest BCUT2D eigenvalue weighted by Crippen LogP contribution is 2.39. The predicted molar refractivity (Wildman–Crippen MR) is 91.9 cm³/mol. The summed E-state index contributed by atoms with van der Waals surface area (Å²) in [6.45, 7) is 14.2. The molecule has 0 aromatic heterocycles. The zero-order valence-corrected chi connectivity index (χ0v) is 14.0. The Morgan fingerprint density at radius 3 is 2.48 bits per heavy atom. The van der Waals surface area contributed by atoms with Gasteiger partial charge in [0, 0.05) is 6.42 Å². The Balaban J connectivity index is 2.92. The summed E-state index contributed by atoms with van der Waals surface area (Å²) < 4.78 is 0. The Morgan fingerprint density at radius 1 is 1.19 bits per heavy atom. The van der Waals surface area contributed by atoms with Crippen molar-refractivity contribution >= 4 is 5.78 Å². The third-order valence-electron chi connectivity index (χ3n) is 4.08. The Morgan fingerprint density at radius 2 is 1.86 bits per heavy atom. The largest absolute Gasteiger partial charge is 0.295 e. The lowest BCUT2D eigenvalue weighted by atomic mass is 9.72. The fourth-order valence-corrected chi connectivity index (χ4v) is 2.45. The smallest absolute Gasteiger partial charge is 0.158 e. The summed E-state index contributed by atoms with van der Waals surface area (Å²) in [6.07, 6.45) is 13.8. The van der Waals surface area contributed by atoms with E-state index in [0.29, 0.717) is 6.42 Å². The van der Waals surface area contributed by atoms with E-state index >= 15 is 0 Å². The van der Waals surface area contributed by atoms with Gasteiger partial charge in [-0.3, -0.25) is 4.79 Å². The average molecular weight is 283 g/mol. The van der Waals surface area contributed by atoms with E-state index in [4.69, 9.17) is 0 Å². The van der Waals surface area contributed by atoms with Gasteiger partial charge < -0.3 is 0 Å². The minimum atomic E-state index is 0.0812. The third kappa shape index (κ3) is 5.00. The van der Waals surface area contributed by atoms with Crippen LogP contribution in [0.5, 0.6) is 0 Å². The highest BCUT2D eigenvalue weighted by molar-refractivity contribution is 5.97. The van der Waals surface area contributed by atoms with E-state index in [0.717, 1.165) is 23.1 Å². The second-order valence-electron chi connectivity index (χ2n) is 6.40. The van der Waals surface area contributed by atoms with Crippen molar-refractivity contribution in [3.8, 4) is 0 Å². The van der Waals surface area contributed by atoms with Gasteiger partial charge in [-0.25, -0.2) is 0 Å². The quantitative estimate of drug-likeness (QED) is 0.620. The highest BCUT2D eigenvalue weighted by atomic mass is 16.1. The van der Waals surface area contributed by atoms with Crippen LogP contribution in [0.25, 0.3) is 0 Å².